The Labute approximate surface area is 82.9 Å². The van der Waals surface area contributed by atoms with Gasteiger partial charge in [0.15, 0.2) is 0 Å². The monoisotopic (exact) mass is 199 g/mol. The fraction of sp³-hybridized carbons (Fsp3) is 0.400. The Hall–Kier alpha value is -0.540. The molecule has 0 aromatic heterocycles. The highest BCUT2D eigenvalue weighted by molar-refractivity contribution is 7.97. The molecule has 1 nitrogen and oxygen atoms in total. The molecule has 0 saturated heterocycles. The molecule has 1 aromatic rings. The van der Waals surface area contributed by atoms with Crippen molar-refractivity contribution in [1.82, 2.24) is 4.72 Å². The zero-order chi connectivity index (χ0) is 9.84. The average Bonchev–Trinajstić information content (AvgIpc) is 2.08. The summed E-state index contributed by atoms with van der Waals surface area (Å²) in [7, 11) is 1.78. The average molecular weight is 199 g/mol. The lowest BCUT2D eigenvalue weighted by Crippen LogP contribution is -1.98. The highest BCUT2D eigenvalue weighted by atomic mass is 32.2. The van der Waals surface area contributed by atoms with Crippen molar-refractivity contribution in [2.45, 2.75) is 24.7 Å². The fourth-order valence-electron chi connectivity index (χ4n) is 1.16. The summed E-state index contributed by atoms with van der Waals surface area (Å²) in [6, 6.07) is 5.50. The van der Waals surface area contributed by atoms with Crippen LogP contribution in [-0.2, 0) is 0 Å². The van der Waals surface area contributed by atoms with Crippen molar-refractivity contribution in [2.75, 3.05) is 7.05 Å². The Morgan fingerprint density at radius 3 is 2.62 bits per heavy atom. The number of hydrogen-bond donors (Lipinski definition) is 1. The van der Waals surface area contributed by atoms with Crippen LogP contribution in [0.25, 0.3) is 0 Å². The molecule has 13 heavy (non-hydrogen) atoms. The minimum Gasteiger partial charge on any atom is -0.263 e. The molecular formula is C10H14FNS. The molecule has 0 unspecified atom stereocenters. The molecule has 0 amide bonds. The molecule has 72 valence electrons. The van der Waals surface area contributed by atoms with Crippen molar-refractivity contribution in [3.8, 4) is 0 Å². The first-order valence-electron chi connectivity index (χ1n) is 4.28. The van der Waals surface area contributed by atoms with E-state index in [1.54, 1.807) is 13.1 Å². The number of benzene rings is 1. The largest absolute Gasteiger partial charge is 0.263 e. The standard InChI is InChI=1S/C10H14FNS/c1-7(2)8-5-4-6-9(10(8)11)13-12-3/h4-7,12H,1-3H3. The van der Waals surface area contributed by atoms with Crippen LogP contribution in [0.1, 0.15) is 25.3 Å². The smallest absolute Gasteiger partial charge is 0.141 e. The molecule has 0 radical (unpaired) electrons. The highest BCUT2D eigenvalue weighted by Crippen LogP contribution is 2.25. The highest BCUT2D eigenvalue weighted by Gasteiger charge is 2.10. The van der Waals surface area contributed by atoms with Crippen molar-refractivity contribution < 1.29 is 4.39 Å². The van der Waals surface area contributed by atoms with E-state index in [1.165, 1.54) is 11.9 Å². The van der Waals surface area contributed by atoms with E-state index in [1.807, 2.05) is 26.0 Å². The number of halogens is 1. The first-order valence-corrected chi connectivity index (χ1v) is 5.10. The van der Waals surface area contributed by atoms with Crippen molar-refractivity contribution in [2.24, 2.45) is 0 Å². The van der Waals surface area contributed by atoms with Crippen LogP contribution in [0.2, 0.25) is 0 Å². The lowest BCUT2D eigenvalue weighted by Gasteiger charge is -2.09. The SMILES string of the molecule is CNSc1cccc(C(C)C)c1F. The predicted octanol–water partition coefficient (Wildman–Crippen LogP) is 3.18. The molecule has 0 aliphatic heterocycles. The van der Waals surface area contributed by atoms with E-state index in [-0.39, 0.29) is 11.7 Å². The van der Waals surface area contributed by atoms with E-state index in [9.17, 15) is 4.39 Å². The third kappa shape index (κ3) is 2.45. The van der Waals surface area contributed by atoms with Crippen molar-refractivity contribution in [3.63, 3.8) is 0 Å². The molecule has 1 aromatic carbocycles. The molecule has 1 N–H and O–H groups in total. The molecule has 0 aliphatic carbocycles. The van der Waals surface area contributed by atoms with Gasteiger partial charge in [0.25, 0.3) is 0 Å². The lowest BCUT2D eigenvalue weighted by molar-refractivity contribution is 0.573. The molecule has 0 aliphatic rings. The summed E-state index contributed by atoms with van der Waals surface area (Å²) in [5, 5.41) is 0. The summed E-state index contributed by atoms with van der Waals surface area (Å²) in [6.07, 6.45) is 0. The molecule has 0 fully saturated rings. The topological polar surface area (TPSA) is 12.0 Å². The predicted molar refractivity (Wildman–Crippen MR) is 55.4 cm³/mol. The maximum absolute atomic E-state index is 13.6. The molecule has 0 atom stereocenters. The molecule has 0 bridgehead atoms. The zero-order valence-corrected chi connectivity index (χ0v) is 8.91. The van der Waals surface area contributed by atoms with Crippen LogP contribution >= 0.6 is 11.9 Å². The maximum atomic E-state index is 13.6. The van der Waals surface area contributed by atoms with Gasteiger partial charge < -0.3 is 0 Å². The Kier molecular flexibility index (Phi) is 3.75. The van der Waals surface area contributed by atoms with E-state index in [0.717, 1.165) is 5.56 Å². The van der Waals surface area contributed by atoms with Gasteiger partial charge in [-0.1, -0.05) is 26.0 Å². The molecule has 0 spiro atoms. The lowest BCUT2D eigenvalue weighted by atomic mass is 10.0. The second-order valence-corrected chi connectivity index (χ2v) is 4.17. The second kappa shape index (κ2) is 4.63. The summed E-state index contributed by atoms with van der Waals surface area (Å²) in [6.45, 7) is 3.98. The summed E-state index contributed by atoms with van der Waals surface area (Å²) in [5.41, 5.74) is 0.778. The summed E-state index contributed by atoms with van der Waals surface area (Å²) in [5.74, 6) is 0.134. The molecular weight excluding hydrogens is 185 g/mol. The van der Waals surface area contributed by atoms with Gasteiger partial charge in [0.2, 0.25) is 0 Å². The number of rotatable bonds is 3. The van der Waals surface area contributed by atoms with Gasteiger partial charge >= 0.3 is 0 Å². The van der Waals surface area contributed by atoms with Crippen LogP contribution in [-0.4, -0.2) is 7.05 Å². The second-order valence-electron chi connectivity index (χ2n) is 3.12. The quantitative estimate of drug-likeness (QED) is 0.750. The zero-order valence-electron chi connectivity index (χ0n) is 8.10. The minimum absolute atomic E-state index is 0.100. The van der Waals surface area contributed by atoms with E-state index in [2.05, 4.69) is 4.72 Å². The van der Waals surface area contributed by atoms with Gasteiger partial charge in [-0.25, -0.2) is 4.39 Å². The van der Waals surface area contributed by atoms with Crippen LogP contribution in [0.4, 0.5) is 4.39 Å². The van der Waals surface area contributed by atoms with Gasteiger partial charge in [-0.15, -0.1) is 0 Å². The summed E-state index contributed by atoms with van der Waals surface area (Å²) >= 11 is 1.31. The first-order chi connectivity index (χ1) is 6.16. The Morgan fingerprint density at radius 1 is 1.38 bits per heavy atom. The third-order valence-corrected chi connectivity index (χ3v) is 2.57. The Morgan fingerprint density at radius 2 is 2.08 bits per heavy atom. The minimum atomic E-state index is -0.100. The number of nitrogens with one attached hydrogen (secondary N) is 1. The Bertz CT molecular complexity index is 286. The molecule has 0 saturated carbocycles. The van der Waals surface area contributed by atoms with Gasteiger partial charge in [-0.05, 0) is 36.5 Å². The van der Waals surface area contributed by atoms with Crippen molar-refractivity contribution in [1.29, 1.82) is 0 Å². The van der Waals surface area contributed by atoms with Crippen LogP contribution < -0.4 is 4.72 Å². The van der Waals surface area contributed by atoms with E-state index < -0.39 is 0 Å². The fourth-order valence-corrected chi connectivity index (χ4v) is 1.74. The van der Waals surface area contributed by atoms with Gasteiger partial charge in [-0.2, -0.15) is 0 Å². The van der Waals surface area contributed by atoms with Gasteiger partial charge in [0, 0.05) is 0 Å². The van der Waals surface area contributed by atoms with Crippen molar-refractivity contribution >= 4 is 11.9 Å². The van der Waals surface area contributed by atoms with E-state index in [4.69, 9.17) is 0 Å². The van der Waals surface area contributed by atoms with Gasteiger partial charge in [0.1, 0.15) is 5.82 Å². The molecule has 0 heterocycles. The van der Waals surface area contributed by atoms with Crippen LogP contribution in [0, 0.1) is 5.82 Å². The molecule has 3 heteroatoms. The van der Waals surface area contributed by atoms with Crippen LogP contribution in [0.5, 0.6) is 0 Å². The maximum Gasteiger partial charge on any atom is 0.141 e. The van der Waals surface area contributed by atoms with Crippen molar-refractivity contribution in [3.05, 3.63) is 29.6 Å². The van der Waals surface area contributed by atoms with Gasteiger partial charge in [0.05, 0.1) is 4.90 Å². The van der Waals surface area contributed by atoms with Crippen LogP contribution in [0.3, 0.4) is 0 Å². The Balaban J connectivity index is 3.03. The van der Waals surface area contributed by atoms with E-state index >= 15 is 0 Å². The van der Waals surface area contributed by atoms with E-state index in [0.29, 0.717) is 4.90 Å². The summed E-state index contributed by atoms with van der Waals surface area (Å²) < 4.78 is 16.5. The molecule has 1 rings (SSSR count). The first kappa shape index (κ1) is 10.5. The number of hydrogen-bond acceptors (Lipinski definition) is 2. The summed E-state index contributed by atoms with van der Waals surface area (Å²) in [4.78, 5) is 0.661. The van der Waals surface area contributed by atoms with Gasteiger partial charge in [-0.3, -0.25) is 4.72 Å². The van der Waals surface area contributed by atoms with Crippen LogP contribution in [0.15, 0.2) is 23.1 Å². The normalized spacial score (nSPS) is 10.8. The third-order valence-electron chi connectivity index (χ3n) is 1.83.